The van der Waals surface area contributed by atoms with Gasteiger partial charge in [-0.05, 0) is 43.8 Å². The van der Waals surface area contributed by atoms with Crippen LogP contribution in [0, 0.1) is 20.8 Å². The number of anilines is 1. The predicted octanol–water partition coefficient (Wildman–Crippen LogP) is 4.57. The van der Waals surface area contributed by atoms with Crippen molar-refractivity contribution < 1.29 is 14.3 Å². The van der Waals surface area contributed by atoms with Crippen LogP contribution in [-0.2, 0) is 16.1 Å². The van der Waals surface area contributed by atoms with Gasteiger partial charge in [-0.3, -0.25) is 4.79 Å². The lowest BCUT2D eigenvalue weighted by Gasteiger charge is -2.07. The maximum atomic E-state index is 12.8. The third kappa shape index (κ3) is 3.50. The molecular formula is C21H20N4O3S2. The van der Waals surface area contributed by atoms with Crippen LogP contribution in [-0.4, -0.2) is 33.8 Å². The van der Waals surface area contributed by atoms with Gasteiger partial charge in [0.15, 0.2) is 5.65 Å². The van der Waals surface area contributed by atoms with E-state index < -0.39 is 5.97 Å². The first-order valence-electron chi connectivity index (χ1n) is 9.24. The van der Waals surface area contributed by atoms with Crippen molar-refractivity contribution in [2.45, 2.75) is 27.3 Å². The highest BCUT2D eigenvalue weighted by Gasteiger charge is 2.22. The minimum Gasteiger partial charge on any atom is -0.465 e. The fourth-order valence-electron chi connectivity index (χ4n) is 3.39. The number of ether oxygens (including phenoxy) is 1. The number of hydrogen-bond acceptors (Lipinski definition) is 7. The summed E-state index contributed by atoms with van der Waals surface area (Å²) >= 11 is 3.00. The lowest BCUT2D eigenvalue weighted by atomic mass is 10.1. The smallest absolute Gasteiger partial charge is 0.341 e. The Kier molecular flexibility index (Phi) is 5.40. The van der Waals surface area contributed by atoms with Crippen molar-refractivity contribution >= 4 is 50.6 Å². The first-order valence-corrected chi connectivity index (χ1v) is 10.9. The van der Waals surface area contributed by atoms with E-state index in [1.807, 2.05) is 38.3 Å². The molecule has 7 nitrogen and oxygen atoms in total. The number of thiophene rings is 2. The summed E-state index contributed by atoms with van der Waals surface area (Å²) in [6.07, 6.45) is 1.73. The van der Waals surface area contributed by atoms with E-state index in [1.54, 1.807) is 22.2 Å². The number of carbonyl (C=O) groups excluding carboxylic acids is 2. The van der Waals surface area contributed by atoms with E-state index in [9.17, 15) is 9.59 Å². The van der Waals surface area contributed by atoms with Crippen LogP contribution in [0.4, 0.5) is 5.00 Å². The number of hydrogen-bond donors (Lipinski definition) is 1. The minimum absolute atomic E-state index is 0.0121. The number of esters is 1. The molecule has 0 bridgehead atoms. The number of carbonyl (C=O) groups is 2. The van der Waals surface area contributed by atoms with Gasteiger partial charge >= 0.3 is 5.97 Å². The second kappa shape index (κ2) is 8.00. The van der Waals surface area contributed by atoms with Crippen molar-refractivity contribution in [1.29, 1.82) is 0 Å². The molecule has 1 N–H and O–H groups in total. The number of amides is 1. The number of aromatic nitrogens is 3. The van der Waals surface area contributed by atoms with Gasteiger partial charge in [-0.25, -0.2) is 14.5 Å². The Morgan fingerprint density at radius 2 is 2.03 bits per heavy atom. The molecule has 4 rings (SSSR count). The predicted molar refractivity (Wildman–Crippen MR) is 119 cm³/mol. The average molecular weight is 441 g/mol. The van der Waals surface area contributed by atoms with E-state index in [2.05, 4.69) is 21.5 Å². The molecule has 154 valence electrons. The van der Waals surface area contributed by atoms with E-state index in [0.29, 0.717) is 16.2 Å². The zero-order chi connectivity index (χ0) is 21.4. The Morgan fingerprint density at radius 1 is 1.23 bits per heavy atom. The molecule has 0 aliphatic rings. The molecule has 0 unspecified atom stereocenters. The molecule has 0 saturated heterocycles. The molecule has 0 saturated carbocycles. The highest BCUT2D eigenvalue weighted by molar-refractivity contribution is 7.16. The summed E-state index contributed by atoms with van der Waals surface area (Å²) in [4.78, 5) is 31.5. The average Bonchev–Trinajstić information content (AvgIpc) is 3.42. The third-order valence-corrected chi connectivity index (χ3v) is 6.94. The zero-order valence-electron chi connectivity index (χ0n) is 17.0. The SMILES string of the molecule is COC(=O)c1c(NC(=O)Cn2nc(C)c3c(-c4cccs4)ccnc32)sc(C)c1C. The summed E-state index contributed by atoms with van der Waals surface area (Å²) in [6.45, 7) is 5.65. The Hall–Kier alpha value is -3.04. The maximum Gasteiger partial charge on any atom is 0.341 e. The summed E-state index contributed by atoms with van der Waals surface area (Å²) in [5.41, 5.74) is 3.72. The third-order valence-electron chi connectivity index (χ3n) is 4.92. The van der Waals surface area contributed by atoms with Gasteiger partial charge in [0.2, 0.25) is 5.91 Å². The fraction of sp³-hybridized carbons (Fsp3) is 0.238. The molecule has 4 aromatic rings. The summed E-state index contributed by atoms with van der Waals surface area (Å²) in [7, 11) is 1.33. The molecule has 0 spiro atoms. The highest BCUT2D eigenvalue weighted by atomic mass is 32.1. The molecule has 9 heteroatoms. The van der Waals surface area contributed by atoms with Crippen molar-refractivity contribution in [2.24, 2.45) is 0 Å². The lowest BCUT2D eigenvalue weighted by Crippen LogP contribution is -2.20. The molecular weight excluding hydrogens is 420 g/mol. The molecule has 0 atom stereocenters. The first kappa shape index (κ1) is 20.2. The Morgan fingerprint density at radius 3 is 2.73 bits per heavy atom. The van der Waals surface area contributed by atoms with Crippen molar-refractivity contribution in [3.8, 4) is 10.4 Å². The number of nitrogens with one attached hydrogen (secondary N) is 1. The second-order valence-corrected chi connectivity index (χ2v) is 8.98. The number of aryl methyl sites for hydroxylation is 2. The van der Waals surface area contributed by atoms with Crippen LogP contribution < -0.4 is 5.32 Å². The molecule has 4 aromatic heterocycles. The largest absolute Gasteiger partial charge is 0.465 e. The van der Waals surface area contributed by atoms with Crippen LogP contribution in [0.1, 0.15) is 26.5 Å². The van der Waals surface area contributed by atoms with Gasteiger partial charge in [0, 0.05) is 21.5 Å². The second-order valence-electron chi connectivity index (χ2n) is 6.80. The molecule has 4 heterocycles. The Bertz CT molecular complexity index is 1260. The number of fused-ring (bicyclic) bond motifs is 1. The fourth-order valence-corrected chi connectivity index (χ4v) is 5.22. The van der Waals surface area contributed by atoms with Crippen LogP contribution in [0.2, 0.25) is 0 Å². The van der Waals surface area contributed by atoms with Gasteiger partial charge in [0.25, 0.3) is 0 Å². The van der Waals surface area contributed by atoms with E-state index >= 15 is 0 Å². The quantitative estimate of drug-likeness (QED) is 0.459. The number of nitrogens with zero attached hydrogens (tertiary/aromatic N) is 3. The van der Waals surface area contributed by atoms with Crippen LogP contribution in [0.5, 0.6) is 0 Å². The number of methoxy groups -OCH3 is 1. The number of rotatable bonds is 5. The topological polar surface area (TPSA) is 86.1 Å². The van der Waals surface area contributed by atoms with Crippen LogP contribution in [0.15, 0.2) is 29.8 Å². The van der Waals surface area contributed by atoms with Crippen LogP contribution >= 0.6 is 22.7 Å². The first-order chi connectivity index (χ1) is 14.4. The van der Waals surface area contributed by atoms with Gasteiger partial charge in [0.05, 0.1) is 23.8 Å². The molecule has 1 amide bonds. The van der Waals surface area contributed by atoms with Gasteiger partial charge < -0.3 is 10.1 Å². The molecule has 30 heavy (non-hydrogen) atoms. The zero-order valence-corrected chi connectivity index (χ0v) is 18.6. The molecule has 0 fully saturated rings. The van der Waals surface area contributed by atoms with Crippen molar-refractivity contribution in [3.05, 3.63) is 51.5 Å². The van der Waals surface area contributed by atoms with E-state index in [0.717, 1.165) is 32.0 Å². The van der Waals surface area contributed by atoms with E-state index in [-0.39, 0.29) is 12.5 Å². The molecule has 0 radical (unpaired) electrons. The molecule has 0 aliphatic heterocycles. The van der Waals surface area contributed by atoms with Crippen molar-refractivity contribution in [2.75, 3.05) is 12.4 Å². The minimum atomic E-state index is -0.463. The number of pyridine rings is 1. The van der Waals surface area contributed by atoms with Crippen LogP contribution in [0.3, 0.4) is 0 Å². The molecule has 0 aromatic carbocycles. The van der Waals surface area contributed by atoms with E-state index in [1.165, 1.54) is 18.4 Å². The molecule has 0 aliphatic carbocycles. The van der Waals surface area contributed by atoms with Crippen LogP contribution in [0.25, 0.3) is 21.5 Å². The maximum absolute atomic E-state index is 12.8. The summed E-state index contributed by atoms with van der Waals surface area (Å²) < 4.78 is 6.47. The Labute approximate surface area is 181 Å². The lowest BCUT2D eigenvalue weighted by molar-refractivity contribution is -0.116. The summed E-state index contributed by atoms with van der Waals surface area (Å²) in [5.74, 6) is -0.746. The van der Waals surface area contributed by atoms with Crippen molar-refractivity contribution in [1.82, 2.24) is 14.8 Å². The van der Waals surface area contributed by atoms with Gasteiger partial charge in [-0.1, -0.05) is 6.07 Å². The van der Waals surface area contributed by atoms with Crippen molar-refractivity contribution in [3.63, 3.8) is 0 Å². The normalized spacial score (nSPS) is 11.1. The van der Waals surface area contributed by atoms with Gasteiger partial charge in [-0.15, -0.1) is 22.7 Å². The highest BCUT2D eigenvalue weighted by Crippen LogP contribution is 2.34. The summed E-state index contributed by atoms with van der Waals surface area (Å²) in [5, 5.41) is 10.8. The monoisotopic (exact) mass is 440 g/mol. The van der Waals surface area contributed by atoms with Gasteiger partial charge in [-0.2, -0.15) is 5.10 Å². The van der Waals surface area contributed by atoms with Gasteiger partial charge in [0.1, 0.15) is 11.5 Å². The Balaban J connectivity index is 1.65. The van der Waals surface area contributed by atoms with E-state index in [4.69, 9.17) is 4.74 Å². The standard InChI is InChI=1S/C21H20N4O3S2/c1-11-13(3)30-20(17(11)21(27)28-4)23-16(26)10-25-19-18(12(2)24-25)14(7-8-22-19)15-6-5-9-29-15/h5-9H,10H2,1-4H3,(H,23,26). The summed E-state index contributed by atoms with van der Waals surface area (Å²) in [6, 6.07) is 6.02.